The molecule has 1 atom stereocenters. The van der Waals surface area contributed by atoms with Gasteiger partial charge in [0.05, 0.1) is 0 Å². The maximum atomic E-state index is 12.3. The van der Waals surface area contributed by atoms with Crippen LogP contribution < -0.4 is 0 Å². The number of ether oxygens (including phenoxy) is 1. The quantitative estimate of drug-likeness (QED) is 0.840. The number of hydrogen-bond acceptors (Lipinski definition) is 5. The van der Waals surface area contributed by atoms with Crippen LogP contribution in [-0.2, 0) is 4.74 Å². The van der Waals surface area contributed by atoms with Crippen molar-refractivity contribution in [2.24, 2.45) is 11.8 Å². The molecular formula is C17H25N3O3S. The van der Waals surface area contributed by atoms with Crippen molar-refractivity contribution in [3.8, 4) is 0 Å². The van der Waals surface area contributed by atoms with E-state index in [-0.39, 0.29) is 12.0 Å². The van der Waals surface area contributed by atoms with Gasteiger partial charge in [0.25, 0.3) is 5.91 Å². The van der Waals surface area contributed by atoms with Crippen molar-refractivity contribution in [1.82, 2.24) is 14.8 Å². The van der Waals surface area contributed by atoms with Gasteiger partial charge in [0.2, 0.25) is 0 Å². The van der Waals surface area contributed by atoms with Gasteiger partial charge in [0.1, 0.15) is 5.60 Å². The molecule has 3 rings (SSSR count). The van der Waals surface area contributed by atoms with E-state index in [1.54, 1.807) is 11.1 Å². The lowest BCUT2D eigenvalue weighted by molar-refractivity contribution is -0.00422. The first-order chi connectivity index (χ1) is 11.3. The van der Waals surface area contributed by atoms with Crippen molar-refractivity contribution >= 4 is 23.3 Å². The van der Waals surface area contributed by atoms with Crippen molar-refractivity contribution in [2.45, 2.75) is 39.2 Å². The first-order valence-electron chi connectivity index (χ1n) is 8.48. The smallest absolute Gasteiger partial charge is 0.410 e. The lowest BCUT2D eigenvalue weighted by atomic mass is 9.88. The summed E-state index contributed by atoms with van der Waals surface area (Å²) in [5, 5.41) is 2.41. The zero-order chi connectivity index (χ0) is 17.3. The third-order valence-electron chi connectivity index (χ3n) is 4.46. The fourth-order valence-electron chi connectivity index (χ4n) is 3.34. The molecule has 132 valence electrons. The van der Waals surface area contributed by atoms with Crippen molar-refractivity contribution < 1.29 is 14.3 Å². The molecule has 0 aromatic carbocycles. The Bertz CT molecular complexity index is 591. The fourth-order valence-corrected chi connectivity index (χ4v) is 3.94. The van der Waals surface area contributed by atoms with Gasteiger partial charge in [-0.2, -0.15) is 0 Å². The fraction of sp³-hybridized carbons (Fsp3) is 0.706. The van der Waals surface area contributed by atoms with Gasteiger partial charge in [-0.3, -0.25) is 4.79 Å². The molecule has 1 aromatic rings. The molecule has 0 bridgehead atoms. The predicted octanol–water partition coefficient (Wildman–Crippen LogP) is 2.86. The Labute approximate surface area is 146 Å². The number of carbonyl (C=O) groups excluding carboxylic acids is 2. The van der Waals surface area contributed by atoms with E-state index in [2.05, 4.69) is 4.98 Å². The second-order valence-corrected chi connectivity index (χ2v) is 8.62. The van der Waals surface area contributed by atoms with Crippen LogP contribution in [0.25, 0.3) is 0 Å². The van der Waals surface area contributed by atoms with E-state index in [0.29, 0.717) is 16.8 Å². The number of thiazole rings is 1. The number of nitrogens with zero attached hydrogens (tertiary/aromatic N) is 3. The zero-order valence-corrected chi connectivity index (χ0v) is 15.3. The van der Waals surface area contributed by atoms with Crippen LogP contribution in [0.5, 0.6) is 0 Å². The average Bonchev–Trinajstić information content (AvgIpc) is 3.11. The summed E-state index contributed by atoms with van der Waals surface area (Å²) in [5.41, 5.74) is -0.440. The van der Waals surface area contributed by atoms with Gasteiger partial charge in [0, 0.05) is 37.8 Å². The minimum Gasteiger partial charge on any atom is -0.444 e. The molecule has 2 fully saturated rings. The second kappa shape index (κ2) is 6.70. The Kier molecular flexibility index (Phi) is 4.80. The molecule has 6 nitrogen and oxygen atoms in total. The van der Waals surface area contributed by atoms with Crippen molar-refractivity contribution in [1.29, 1.82) is 0 Å². The summed E-state index contributed by atoms with van der Waals surface area (Å²) in [6.07, 6.45) is 3.57. The Morgan fingerprint density at radius 3 is 2.58 bits per heavy atom. The summed E-state index contributed by atoms with van der Waals surface area (Å²) >= 11 is 1.40. The molecule has 0 unspecified atom stereocenters. The maximum Gasteiger partial charge on any atom is 0.410 e. The van der Waals surface area contributed by atoms with Gasteiger partial charge in [-0.05, 0) is 45.4 Å². The number of rotatable bonds is 3. The van der Waals surface area contributed by atoms with Crippen LogP contribution in [0.2, 0.25) is 0 Å². The molecule has 0 radical (unpaired) electrons. The average molecular weight is 351 g/mol. The van der Waals surface area contributed by atoms with Crippen LogP contribution in [0.15, 0.2) is 11.6 Å². The Hall–Kier alpha value is -1.63. The third-order valence-corrected chi connectivity index (χ3v) is 5.22. The molecule has 2 aliphatic rings. The summed E-state index contributed by atoms with van der Waals surface area (Å²) < 4.78 is 5.38. The summed E-state index contributed by atoms with van der Waals surface area (Å²) in [4.78, 5) is 32.0. The van der Waals surface area contributed by atoms with E-state index in [1.165, 1.54) is 11.3 Å². The normalized spacial score (nSPS) is 21.7. The molecular weight excluding hydrogens is 326 g/mol. The van der Waals surface area contributed by atoms with Gasteiger partial charge in [-0.15, -0.1) is 11.3 Å². The van der Waals surface area contributed by atoms with Gasteiger partial charge in [0.15, 0.2) is 5.01 Å². The molecule has 24 heavy (non-hydrogen) atoms. The summed E-state index contributed by atoms with van der Waals surface area (Å²) in [5.74, 6) is 1.11. The van der Waals surface area contributed by atoms with Gasteiger partial charge in [-0.25, -0.2) is 9.78 Å². The Balaban J connectivity index is 1.40. The predicted molar refractivity (Wildman–Crippen MR) is 92.0 cm³/mol. The highest BCUT2D eigenvalue weighted by Gasteiger charge is 2.37. The largest absolute Gasteiger partial charge is 0.444 e. The molecule has 2 aliphatic heterocycles. The summed E-state index contributed by atoms with van der Waals surface area (Å²) in [6, 6.07) is 0. The van der Waals surface area contributed by atoms with Crippen molar-refractivity contribution in [3.05, 3.63) is 16.6 Å². The van der Waals surface area contributed by atoms with E-state index in [0.717, 1.165) is 39.0 Å². The van der Waals surface area contributed by atoms with Gasteiger partial charge in [-0.1, -0.05) is 0 Å². The van der Waals surface area contributed by atoms with E-state index in [4.69, 9.17) is 4.74 Å². The molecule has 2 saturated heterocycles. The topological polar surface area (TPSA) is 62.7 Å². The molecule has 3 heterocycles. The summed E-state index contributed by atoms with van der Waals surface area (Å²) in [7, 11) is 0. The highest BCUT2D eigenvalue weighted by molar-refractivity contribution is 7.11. The maximum absolute atomic E-state index is 12.3. The number of amides is 2. The van der Waals surface area contributed by atoms with E-state index < -0.39 is 5.60 Å². The Morgan fingerprint density at radius 2 is 1.96 bits per heavy atom. The minimum absolute atomic E-state index is 0.0523. The van der Waals surface area contributed by atoms with Crippen molar-refractivity contribution in [2.75, 3.05) is 26.2 Å². The summed E-state index contributed by atoms with van der Waals surface area (Å²) in [6.45, 7) is 8.81. The molecule has 0 aliphatic carbocycles. The number of carbonyl (C=O) groups is 2. The second-order valence-electron chi connectivity index (χ2n) is 7.73. The van der Waals surface area contributed by atoms with Crippen LogP contribution in [0, 0.1) is 11.8 Å². The molecule has 7 heteroatoms. The van der Waals surface area contributed by atoms with Crippen LogP contribution in [-0.4, -0.2) is 58.6 Å². The molecule has 0 spiro atoms. The van der Waals surface area contributed by atoms with Crippen molar-refractivity contribution in [3.63, 3.8) is 0 Å². The Morgan fingerprint density at radius 1 is 1.25 bits per heavy atom. The highest BCUT2D eigenvalue weighted by Crippen LogP contribution is 2.30. The lowest BCUT2D eigenvalue weighted by Crippen LogP contribution is -2.52. The molecule has 2 amide bonds. The van der Waals surface area contributed by atoms with Crippen LogP contribution in [0.4, 0.5) is 4.79 Å². The number of likely N-dealkylation sites (tertiary alicyclic amines) is 2. The lowest BCUT2D eigenvalue weighted by Gasteiger charge is -2.40. The van der Waals surface area contributed by atoms with Gasteiger partial charge >= 0.3 is 6.09 Å². The molecule has 0 N–H and O–H groups in total. The number of aromatic nitrogens is 1. The van der Waals surface area contributed by atoms with Crippen LogP contribution >= 0.6 is 11.3 Å². The standard InChI is InChI=1S/C17H25N3O3S/c1-17(2,3)23-16(22)20-10-13(11-20)8-12-4-6-19(9-12)15(21)14-18-5-7-24-14/h5,7,12-13H,4,6,8-11H2,1-3H3/t12-/m1/s1. The third kappa shape index (κ3) is 4.06. The first-order valence-corrected chi connectivity index (χ1v) is 9.36. The van der Waals surface area contributed by atoms with Gasteiger partial charge < -0.3 is 14.5 Å². The minimum atomic E-state index is -0.440. The highest BCUT2D eigenvalue weighted by atomic mass is 32.1. The van der Waals surface area contributed by atoms with E-state index in [9.17, 15) is 9.59 Å². The molecule has 0 saturated carbocycles. The molecule has 1 aromatic heterocycles. The first kappa shape index (κ1) is 17.2. The van der Waals surface area contributed by atoms with Crippen LogP contribution in [0.3, 0.4) is 0 Å². The number of hydrogen-bond donors (Lipinski definition) is 0. The van der Waals surface area contributed by atoms with E-state index in [1.807, 2.05) is 31.1 Å². The zero-order valence-electron chi connectivity index (χ0n) is 14.5. The monoisotopic (exact) mass is 351 g/mol. The van der Waals surface area contributed by atoms with E-state index >= 15 is 0 Å². The van der Waals surface area contributed by atoms with Crippen LogP contribution in [0.1, 0.15) is 43.4 Å². The SMILES string of the molecule is CC(C)(C)OC(=O)N1CC(C[C@H]2CCN(C(=O)c3nccs3)C2)C1.